The maximum Gasteiger partial charge on any atom is 0.0434 e. The first-order chi connectivity index (χ1) is 7.37. The molecular formula is C14H21N. The Hall–Kier alpha value is -0.820. The lowest BCUT2D eigenvalue weighted by atomic mass is 9.72. The molecule has 1 fully saturated rings. The summed E-state index contributed by atoms with van der Waals surface area (Å²) in [5.41, 5.74) is 1.79. The first-order valence-corrected chi connectivity index (χ1v) is 6.18. The van der Waals surface area contributed by atoms with Crippen molar-refractivity contribution in [3.05, 3.63) is 35.9 Å². The predicted molar refractivity (Wildman–Crippen MR) is 64.9 cm³/mol. The Kier molecular flexibility index (Phi) is 3.42. The summed E-state index contributed by atoms with van der Waals surface area (Å²) in [4.78, 5) is 0. The van der Waals surface area contributed by atoms with Gasteiger partial charge in [-0.15, -0.1) is 0 Å². The van der Waals surface area contributed by atoms with E-state index in [2.05, 4.69) is 42.6 Å². The van der Waals surface area contributed by atoms with Crippen LogP contribution in [-0.4, -0.2) is 6.54 Å². The summed E-state index contributed by atoms with van der Waals surface area (Å²) < 4.78 is 0. The molecule has 0 unspecified atom stereocenters. The van der Waals surface area contributed by atoms with Crippen molar-refractivity contribution in [3.8, 4) is 0 Å². The van der Waals surface area contributed by atoms with E-state index in [0.717, 1.165) is 6.54 Å². The zero-order valence-electron chi connectivity index (χ0n) is 9.63. The van der Waals surface area contributed by atoms with Gasteiger partial charge in [-0.1, -0.05) is 43.7 Å². The molecule has 82 valence electrons. The molecule has 1 aliphatic carbocycles. The molecular weight excluding hydrogens is 182 g/mol. The Morgan fingerprint density at radius 1 is 1.20 bits per heavy atom. The molecule has 0 atom stereocenters. The number of rotatable bonds is 5. The van der Waals surface area contributed by atoms with E-state index < -0.39 is 0 Å². The van der Waals surface area contributed by atoms with Gasteiger partial charge in [-0.25, -0.2) is 0 Å². The molecule has 1 saturated carbocycles. The molecule has 0 bridgehead atoms. The van der Waals surface area contributed by atoms with Crippen molar-refractivity contribution in [2.45, 2.75) is 44.6 Å². The Balaban J connectivity index is 2.02. The third-order valence-electron chi connectivity index (χ3n) is 3.53. The first kappa shape index (κ1) is 10.7. The average Bonchev–Trinajstić information content (AvgIpc) is 2.23. The maximum absolute atomic E-state index is 3.75. The summed E-state index contributed by atoms with van der Waals surface area (Å²) in [6.07, 6.45) is 6.54. The van der Waals surface area contributed by atoms with Crippen LogP contribution in [-0.2, 0) is 5.54 Å². The molecule has 0 saturated heterocycles. The van der Waals surface area contributed by atoms with Crippen molar-refractivity contribution in [2.75, 3.05) is 6.54 Å². The molecule has 0 radical (unpaired) electrons. The van der Waals surface area contributed by atoms with Crippen LogP contribution in [0.25, 0.3) is 0 Å². The monoisotopic (exact) mass is 203 g/mol. The van der Waals surface area contributed by atoms with Gasteiger partial charge in [0.05, 0.1) is 0 Å². The second-order valence-corrected chi connectivity index (χ2v) is 4.58. The summed E-state index contributed by atoms with van der Waals surface area (Å²) in [5.74, 6) is 0. The van der Waals surface area contributed by atoms with E-state index in [1.54, 1.807) is 0 Å². The van der Waals surface area contributed by atoms with Crippen molar-refractivity contribution >= 4 is 0 Å². The lowest BCUT2D eigenvalue weighted by molar-refractivity contribution is 0.185. The zero-order valence-corrected chi connectivity index (χ0v) is 9.63. The molecule has 0 amide bonds. The van der Waals surface area contributed by atoms with Gasteiger partial charge < -0.3 is 5.32 Å². The van der Waals surface area contributed by atoms with Crippen molar-refractivity contribution in [1.29, 1.82) is 0 Å². The van der Waals surface area contributed by atoms with Crippen LogP contribution in [0.3, 0.4) is 0 Å². The van der Waals surface area contributed by atoms with Crippen molar-refractivity contribution in [2.24, 2.45) is 0 Å². The van der Waals surface area contributed by atoms with E-state index in [0.29, 0.717) is 5.54 Å². The summed E-state index contributed by atoms with van der Waals surface area (Å²) in [7, 11) is 0. The maximum atomic E-state index is 3.75. The van der Waals surface area contributed by atoms with E-state index in [-0.39, 0.29) is 0 Å². The van der Waals surface area contributed by atoms with Crippen molar-refractivity contribution in [1.82, 2.24) is 5.32 Å². The predicted octanol–water partition coefficient (Wildman–Crippen LogP) is 3.46. The molecule has 1 heteroatoms. The van der Waals surface area contributed by atoms with Gasteiger partial charge in [0.25, 0.3) is 0 Å². The number of unbranched alkanes of at least 4 members (excludes halogenated alkanes) is 1. The molecule has 0 aliphatic heterocycles. The SMILES string of the molecule is CCCCNC1(c2ccccc2)CCC1. The highest BCUT2D eigenvalue weighted by atomic mass is 15.0. The van der Waals surface area contributed by atoms with Gasteiger partial charge in [0.1, 0.15) is 0 Å². The lowest BCUT2D eigenvalue weighted by Gasteiger charge is -2.43. The first-order valence-electron chi connectivity index (χ1n) is 6.18. The molecule has 2 rings (SSSR count). The number of hydrogen-bond acceptors (Lipinski definition) is 1. The molecule has 1 N–H and O–H groups in total. The summed E-state index contributed by atoms with van der Waals surface area (Å²) >= 11 is 0. The van der Waals surface area contributed by atoms with Crippen molar-refractivity contribution < 1.29 is 0 Å². The highest BCUT2D eigenvalue weighted by Crippen LogP contribution is 2.40. The minimum Gasteiger partial charge on any atom is -0.307 e. The molecule has 0 spiro atoms. The Morgan fingerprint density at radius 2 is 1.93 bits per heavy atom. The van der Waals surface area contributed by atoms with Crippen LogP contribution in [0.4, 0.5) is 0 Å². The Labute approximate surface area is 92.9 Å². The molecule has 0 aromatic heterocycles. The lowest BCUT2D eigenvalue weighted by Crippen LogP contribution is -2.48. The molecule has 15 heavy (non-hydrogen) atoms. The minimum atomic E-state index is 0.316. The largest absolute Gasteiger partial charge is 0.307 e. The van der Waals surface area contributed by atoms with Gasteiger partial charge in [-0.3, -0.25) is 0 Å². The molecule has 0 heterocycles. The minimum absolute atomic E-state index is 0.316. The van der Waals surface area contributed by atoms with Gasteiger partial charge in [0.15, 0.2) is 0 Å². The van der Waals surface area contributed by atoms with E-state index in [1.807, 2.05) is 0 Å². The van der Waals surface area contributed by atoms with Crippen LogP contribution in [0.1, 0.15) is 44.6 Å². The highest BCUT2D eigenvalue weighted by molar-refractivity contribution is 5.26. The van der Waals surface area contributed by atoms with Gasteiger partial charge in [-0.2, -0.15) is 0 Å². The fourth-order valence-corrected chi connectivity index (χ4v) is 2.36. The molecule has 1 aromatic rings. The van der Waals surface area contributed by atoms with Crippen LogP contribution in [0, 0.1) is 0 Å². The van der Waals surface area contributed by atoms with E-state index >= 15 is 0 Å². The fraction of sp³-hybridized carbons (Fsp3) is 0.571. The standard InChI is InChI=1S/C14H21N/c1-2-3-12-15-14(10-7-11-14)13-8-5-4-6-9-13/h4-6,8-9,15H,2-3,7,10-12H2,1H3. The Morgan fingerprint density at radius 3 is 2.47 bits per heavy atom. The average molecular weight is 203 g/mol. The normalized spacial score (nSPS) is 18.5. The van der Waals surface area contributed by atoms with Crippen LogP contribution >= 0.6 is 0 Å². The molecule has 1 aliphatic rings. The molecule has 1 aromatic carbocycles. The highest BCUT2D eigenvalue weighted by Gasteiger charge is 2.37. The smallest absolute Gasteiger partial charge is 0.0434 e. The van der Waals surface area contributed by atoms with Gasteiger partial charge >= 0.3 is 0 Å². The number of hydrogen-bond donors (Lipinski definition) is 1. The van der Waals surface area contributed by atoms with Crippen LogP contribution < -0.4 is 5.32 Å². The second kappa shape index (κ2) is 4.80. The third kappa shape index (κ3) is 2.23. The van der Waals surface area contributed by atoms with Crippen LogP contribution in [0.5, 0.6) is 0 Å². The third-order valence-corrected chi connectivity index (χ3v) is 3.53. The van der Waals surface area contributed by atoms with Crippen LogP contribution in [0.2, 0.25) is 0 Å². The van der Waals surface area contributed by atoms with E-state index in [1.165, 1.54) is 37.7 Å². The fourth-order valence-electron chi connectivity index (χ4n) is 2.36. The number of benzene rings is 1. The Bertz CT molecular complexity index is 287. The van der Waals surface area contributed by atoms with Gasteiger partial charge in [-0.05, 0) is 37.8 Å². The van der Waals surface area contributed by atoms with E-state index in [9.17, 15) is 0 Å². The van der Waals surface area contributed by atoms with Crippen LogP contribution in [0.15, 0.2) is 30.3 Å². The van der Waals surface area contributed by atoms with Crippen molar-refractivity contribution in [3.63, 3.8) is 0 Å². The van der Waals surface area contributed by atoms with E-state index in [4.69, 9.17) is 0 Å². The summed E-state index contributed by atoms with van der Waals surface area (Å²) in [6.45, 7) is 3.41. The van der Waals surface area contributed by atoms with Gasteiger partial charge in [0.2, 0.25) is 0 Å². The number of nitrogens with one attached hydrogen (secondary N) is 1. The van der Waals surface area contributed by atoms with Gasteiger partial charge in [0, 0.05) is 5.54 Å². The summed E-state index contributed by atoms with van der Waals surface area (Å²) in [6, 6.07) is 10.9. The molecule has 1 nitrogen and oxygen atoms in total. The quantitative estimate of drug-likeness (QED) is 0.723. The zero-order chi connectivity index (χ0) is 10.6. The summed E-state index contributed by atoms with van der Waals surface area (Å²) in [5, 5.41) is 3.75. The topological polar surface area (TPSA) is 12.0 Å². The second-order valence-electron chi connectivity index (χ2n) is 4.58.